The quantitative estimate of drug-likeness (QED) is 0.675. The van der Waals surface area contributed by atoms with E-state index in [4.69, 9.17) is 17.0 Å². The molecule has 3 nitrogen and oxygen atoms in total. The van der Waals surface area contributed by atoms with Gasteiger partial charge in [0.25, 0.3) is 0 Å². The smallest absolute Gasteiger partial charge is 0.144 e. The molecule has 5 heteroatoms. The van der Waals surface area contributed by atoms with Crippen LogP contribution in [-0.2, 0) is 4.74 Å². The molecule has 1 saturated carbocycles. The van der Waals surface area contributed by atoms with E-state index >= 15 is 0 Å². The van der Waals surface area contributed by atoms with Gasteiger partial charge in [-0.25, -0.2) is 4.98 Å². The number of hydrogen-bond acceptors (Lipinski definition) is 3. The van der Waals surface area contributed by atoms with Crippen LogP contribution in [0.25, 0.3) is 0 Å². The zero-order chi connectivity index (χ0) is 15.4. The Bertz CT molecular complexity index is 523. The molecule has 21 heavy (non-hydrogen) atoms. The van der Waals surface area contributed by atoms with Crippen LogP contribution >= 0.6 is 28.1 Å². The highest BCUT2D eigenvalue weighted by molar-refractivity contribution is 9.10. The molecule has 0 bridgehead atoms. The number of H-pyrrole nitrogens is 1. The van der Waals surface area contributed by atoms with Crippen LogP contribution in [0, 0.1) is 10.6 Å². The van der Waals surface area contributed by atoms with Gasteiger partial charge in [-0.05, 0) is 47.5 Å². The highest BCUT2D eigenvalue weighted by Gasteiger charge is 2.28. The lowest BCUT2D eigenvalue weighted by molar-refractivity contribution is -0.000448. The Morgan fingerprint density at radius 1 is 1.33 bits per heavy atom. The molecule has 1 aromatic heterocycles. The predicted molar refractivity (Wildman–Crippen MR) is 92.2 cm³/mol. The Labute approximate surface area is 141 Å². The standard InChI is InChI=1S/C16H25BrN2OS/c1-4-20-14(11-8-6-5-7-9-11)15-18-13(10(2)3)12(17)16(21)19-15/h10-11,14H,4-9H2,1-3H3,(H,18,19,21). The highest BCUT2D eigenvalue weighted by Crippen LogP contribution is 2.36. The van der Waals surface area contributed by atoms with E-state index in [9.17, 15) is 0 Å². The first-order chi connectivity index (χ1) is 10.0. The van der Waals surface area contributed by atoms with Gasteiger partial charge in [0.1, 0.15) is 16.6 Å². The monoisotopic (exact) mass is 372 g/mol. The fourth-order valence-electron chi connectivity index (χ4n) is 3.08. The third-order valence-electron chi connectivity index (χ3n) is 4.18. The Morgan fingerprint density at radius 2 is 2.00 bits per heavy atom. The third-order valence-corrected chi connectivity index (χ3v) is 5.54. The summed E-state index contributed by atoms with van der Waals surface area (Å²) in [5.74, 6) is 1.83. The van der Waals surface area contributed by atoms with Crippen molar-refractivity contribution in [2.24, 2.45) is 5.92 Å². The minimum Gasteiger partial charge on any atom is -0.370 e. The molecule has 0 aromatic carbocycles. The molecule has 0 saturated heterocycles. The summed E-state index contributed by atoms with van der Waals surface area (Å²) in [5.41, 5.74) is 1.12. The van der Waals surface area contributed by atoms with Gasteiger partial charge < -0.3 is 9.72 Å². The van der Waals surface area contributed by atoms with E-state index in [-0.39, 0.29) is 6.10 Å². The molecule has 2 rings (SSSR count). The number of aromatic nitrogens is 2. The van der Waals surface area contributed by atoms with E-state index in [1.165, 1.54) is 32.1 Å². The summed E-state index contributed by atoms with van der Waals surface area (Å²) in [6.45, 7) is 7.07. The van der Waals surface area contributed by atoms with Gasteiger partial charge in [-0.15, -0.1) is 0 Å². The SMILES string of the molecule is CCOC(c1nc(=S)c(Br)c(C(C)C)[nH]1)C1CCCCC1. The average Bonchev–Trinajstić information content (AvgIpc) is 2.48. The van der Waals surface area contributed by atoms with E-state index in [1.807, 2.05) is 6.92 Å². The molecule has 0 radical (unpaired) electrons. The van der Waals surface area contributed by atoms with Gasteiger partial charge in [-0.3, -0.25) is 0 Å². The van der Waals surface area contributed by atoms with E-state index in [0.717, 1.165) is 16.0 Å². The van der Waals surface area contributed by atoms with Crippen LogP contribution in [0.15, 0.2) is 4.47 Å². The summed E-state index contributed by atoms with van der Waals surface area (Å²) in [4.78, 5) is 8.08. The summed E-state index contributed by atoms with van der Waals surface area (Å²) < 4.78 is 7.59. The van der Waals surface area contributed by atoms with Gasteiger partial charge in [0.05, 0.1) is 4.47 Å². The molecule has 0 spiro atoms. The third kappa shape index (κ3) is 4.14. The molecule has 1 N–H and O–H groups in total. The van der Waals surface area contributed by atoms with Crippen molar-refractivity contribution in [3.05, 3.63) is 20.6 Å². The summed E-state index contributed by atoms with van der Waals surface area (Å²) in [5, 5.41) is 0. The maximum absolute atomic E-state index is 6.04. The maximum Gasteiger partial charge on any atom is 0.144 e. The lowest BCUT2D eigenvalue weighted by Gasteiger charge is -2.30. The largest absolute Gasteiger partial charge is 0.370 e. The first-order valence-corrected chi connectivity index (χ1v) is 9.15. The van der Waals surface area contributed by atoms with Crippen LogP contribution < -0.4 is 0 Å². The van der Waals surface area contributed by atoms with Crippen molar-refractivity contribution in [3.8, 4) is 0 Å². The number of halogens is 1. The van der Waals surface area contributed by atoms with E-state index in [2.05, 4.69) is 39.7 Å². The second-order valence-electron chi connectivity index (χ2n) is 6.08. The molecule has 118 valence electrons. The molecule has 1 aliphatic carbocycles. The number of hydrogen-bond donors (Lipinski definition) is 1. The fourth-order valence-corrected chi connectivity index (χ4v) is 3.94. The van der Waals surface area contributed by atoms with Gasteiger partial charge in [-0.1, -0.05) is 45.3 Å². The van der Waals surface area contributed by atoms with Crippen LogP contribution in [0.3, 0.4) is 0 Å². The lowest BCUT2D eigenvalue weighted by Crippen LogP contribution is -2.22. The number of ether oxygens (including phenoxy) is 1. The Balaban J connectivity index is 2.37. The van der Waals surface area contributed by atoms with Crippen molar-refractivity contribution in [3.63, 3.8) is 0 Å². The molecule has 1 atom stereocenters. The predicted octanol–water partition coefficient (Wildman–Crippen LogP) is 5.68. The molecule has 1 aromatic rings. The van der Waals surface area contributed by atoms with Crippen molar-refractivity contribution in [2.45, 2.75) is 64.9 Å². The van der Waals surface area contributed by atoms with Crippen molar-refractivity contribution < 1.29 is 4.74 Å². The number of nitrogens with one attached hydrogen (secondary N) is 1. The minimum absolute atomic E-state index is 0.0441. The normalized spacial score (nSPS) is 18.1. The van der Waals surface area contributed by atoms with E-state index in [1.54, 1.807) is 0 Å². The number of aromatic amines is 1. The fraction of sp³-hybridized carbons (Fsp3) is 0.750. The zero-order valence-electron chi connectivity index (χ0n) is 13.1. The molecular formula is C16H25BrN2OS. The van der Waals surface area contributed by atoms with Crippen molar-refractivity contribution >= 4 is 28.1 Å². The zero-order valence-corrected chi connectivity index (χ0v) is 15.5. The average molecular weight is 373 g/mol. The molecule has 1 unspecified atom stereocenters. The van der Waals surface area contributed by atoms with Gasteiger partial charge in [0.2, 0.25) is 0 Å². The van der Waals surface area contributed by atoms with Crippen molar-refractivity contribution in [2.75, 3.05) is 6.61 Å². The number of nitrogens with zero attached hydrogens (tertiary/aromatic N) is 1. The van der Waals surface area contributed by atoms with Gasteiger partial charge in [0, 0.05) is 12.3 Å². The summed E-state index contributed by atoms with van der Waals surface area (Å²) in [6.07, 6.45) is 6.42. The molecule has 1 fully saturated rings. The van der Waals surface area contributed by atoms with Crippen LogP contribution in [0.4, 0.5) is 0 Å². The summed E-state index contributed by atoms with van der Waals surface area (Å²) in [6, 6.07) is 0. The number of rotatable bonds is 5. The second-order valence-corrected chi connectivity index (χ2v) is 7.26. The van der Waals surface area contributed by atoms with E-state index in [0.29, 0.717) is 23.1 Å². The molecular weight excluding hydrogens is 348 g/mol. The second kappa shape index (κ2) is 7.84. The van der Waals surface area contributed by atoms with E-state index < -0.39 is 0 Å². The first kappa shape index (κ1) is 17.1. The topological polar surface area (TPSA) is 37.9 Å². The van der Waals surface area contributed by atoms with Gasteiger partial charge in [0.15, 0.2) is 0 Å². The minimum atomic E-state index is 0.0441. The summed E-state index contributed by atoms with van der Waals surface area (Å²) in [7, 11) is 0. The Kier molecular flexibility index (Phi) is 6.38. The van der Waals surface area contributed by atoms with Gasteiger partial charge >= 0.3 is 0 Å². The van der Waals surface area contributed by atoms with Crippen molar-refractivity contribution in [1.29, 1.82) is 0 Å². The molecule has 1 heterocycles. The van der Waals surface area contributed by atoms with Gasteiger partial charge in [-0.2, -0.15) is 0 Å². The maximum atomic E-state index is 6.04. The highest BCUT2D eigenvalue weighted by atomic mass is 79.9. The molecule has 0 amide bonds. The molecule has 0 aliphatic heterocycles. The van der Waals surface area contributed by atoms with Crippen LogP contribution in [0.1, 0.15) is 76.4 Å². The molecule has 1 aliphatic rings. The van der Waals surface area contributed by atoms with Crippen LogP contribution in [-0.4, -0.2) is 16.6 Å². The summed E-state index contributed by atoms with van der Waals surface area (Å²) >= 11 is 8.98. The Hall–Kier alpha value is -0.260. The first-order valence-electron chi connectivity index (χ1n) is 7.95. The van der Waals surface area contributed by atoms with Crippen LogP contribution in [0.5, 0.6) is 0 Å². The lowest BCUT2D eigenvalue weighted by atomic mass is 9.85. The van der Waals surface area contributed by atoms with Crippen molar-refractivity contribution in [1.82, 2.24) is 9.97 Å². The van der Waals surface area contributed by atoms with Crippen LogP contribution in [0.2, 0.25) is 0 Å². The Morgan fingerprint density at radius 3 is 2.57 bits per heavy atom.